The zero-order valence-electron chi connectivity index (χ0n) is 27.0. The van der Waals surface area contributed by atoms with Gasteiger partial charge in [0, 0.05) is 16.7 Å². The van der Waals surface area contributed by atoms with E-state index >= 15 is 0 Å². The Morgan fingerprint density at radius 3 is 1.85 bits per heavy atom. The second-order valence-corrected chi connectivity index (χ2v) is 12.3. The fourth-order valence-corrected chi connectivity index (χ4v) is 6.42. The lowest BCUT2D eigenvalue weighted by Crippen LogP contribution is -2.52. The molecule has 0 radical (unpaired) electrons. The molecule has 9 nitrogen and oxygen atoms in total. The van der Waals surface area contributed by atoms with Crippen LogP contribution in [0.2, 0.25) is 0 Å². The van der Waals surface area contributed by atoms with Gasteiger partial charge in [0.25, 0.3) is 5.06 Å². The number of benzene rings is 3. The van der Waals surface area contributed by atoms with E-state index in [0.717, 1.165) is 38.9 Å². The van der Waals surface area contributed by atoms with E-state index in [-0.39, 0.29) is 5.56 Å². The fraction of sp³-hybridized carbons (Fsp3) is 0.432. The number of alkyl halides is 1. The molecule has 1 saturated heterocycles. The van der Waals surface area contributed by atoms with Gasteiger partial charge in [-0.3, -0.25) is 9.59 Å². The number of unbranched alkanes of at least 4 members (excludes halogenated alkanes) is 4. The summed E-state index contributed by atoms with van der Waals surface area (Å²) in [5.74, 6) is -3.39. The molecule has 10 heteroatoms. The Labute approximate surface area is 281 Å². The Bertz CT molecular complexity index is 1470. The van der Waals surface area contributed by atoms with Crippen LogP contribution in [0.1, 0.15) is 75.5 Å². The van der Waals surface area contributed by atoms with Crippen molar-refractivity contribution in [1.29, 1.82) is 0 Å². The zero-order valence-corrected chi connectivity index (χ0v) is 27.8. The van der Waals surface area contributed by atoms with Gasteiger partial charge in [-0.2, -0.15) is 0 Å². The number of halogens is 1. The standard InChI is InChI=1S/C37H44ClNO8/c1-3-39(4-2)24-14-6-5-7-15-25-45-31-22-20-29(21-23-31)36(28-16-10-8-11-17-28)37(38,30-18-12-9-13-19-30)47-33(41)27-35(44,34(42)43)26-32(40)46-36/h8-13,16-23,44H,3-7,14-15,24-27H2,1-2H3,(H,42,43). The van der Waals surface area contributed by atoms with Crippen molar-refractivity contribution in [2.24, 2.45) is 0 Å². The molecule has 0 spiro atoms. The van der Waals surface area contributed by atoms with Crippen molar-refractivity contribution in [1.82, 2.24) is 4.90 Å². The maximum atomic E-state index is 13.6. The van der Waals surface area contributed by atoms with Crippen LogP contribution in [0, 0.1) is 0 Å². The maximum Gasteiger partial charge on any atom is 0.336 e. The van der Waals surface area contributed by atoms with Gasteiger partial charge < -0.3 is 29.3 Å². The molecule has 1 fully saturated rings. The van der Waals surface area contributed by atoms with Crippen LogP contribution in [0.5, 0.6) is 5.75 Å². The second-order valence-electron chi connectivity index (χ2n) is 11.8. The summed E-state index contributed by atoms with van der Waals surface area (Å²) >= 11 is 7.42. The number of carboxylic acids is 1. The van der Waals surface area contributed by atoms with Crippen LogP contribution in [0.4, 0.5) is 0 Å². The summed E-state index contributed by atoms with van der Waals surface area (Å²) < 4.78 is 18.2. The van der Waals surface area contributed by atoms with E-state index in [1.54, 1.807) is 84.9 Å². The molecule has 3 atom stereocenters. The number of carbonyl (C=O) groups is 3. The second kappa shape index (κ2) is 16.3. The number of aliphatic carboxylic acids is 1. The first-order valence-corrected chi connectivity index (χ1v) is 16.6. The van der Waals surface area contributed by atoms with Crippen molar-refractivity contribution in [2.75, 3.05) is 26.2 Å². The van der Waals surface area contributed by atoms with Crippen LogP contribution in [-0.4, -0.2) is 64.9 Å². The average Bonchev–Trinajstić information content (AvgIpc) is 3.10. The number of hydrogen-bond acceptors (Lipinski definition) is 8. The number of carbonyl (C=O) groups excluding carboxylic acids is 2. The first-order chi connectivity index (χ1) is 22.6. The molecule has 1 aliphatic heterocycles. The number of carboxylic acid groups (broad SMARTS) is 1. The fourth-order valence-electron chi connectivity index (χ4n) is 5.96. The minimum Gasteiger partial charge on any atom is -0.494 e. The van der Waals surface area contributed by atoms with Crippen LogP contribution in [0.15, 0.2) is 84.9 Å². The molecule has 252 valence electrons. The van der Waals surface area contributed by atoms with Gasteiger partial charge in [0.05, 0.1) is 19.4 Å². The Hall–Kier alpha value is -3.92. The van der Waals surface area contributed by atoms with E-state index in [1.165, 1.54) is 12.8 Å². The number of esters is 2. The summed E-state index contributed by atoms with van der Waals surface area (Å²) in [6.45, 7) is 8.19. The third kappa shape index (κ3) is 8.33. The minimum atomic E-state index is -2.77. The molecule has 0 bridgehead atoms. The summed E-state index contributed by atoms with van der Waals surface area (Å²) in [5, 5.41) is 18.4. The molecule has 4 rings (SSSR count). The third-order valence-electron chi connectivity index (χ3n) is 8.61. The molecule has 3 aromatic carbocycles. The number of aliphatic hydroxyl groups is 1. The van der Waals surface area contributed by atoms with E-state index in [1.807, 2.05) is 0 Å². The van der Waals surface area contributed by atoms with Gasteiger partial charge in [0.2, 0.25) is 5.60 Å². The molecule has 0 saturated carbocycles. The van der Waals surface area contributed by atoms with Gasteiger partial charge in [-0.1, -0.05) is 118 Å². The van der Waals surface area contributed by atoms with Crippen molar-refractivity contribution in [3.63, 3.8) is 0 Å². The van der Waals surface area contributed by atoms with E-state index in [2.05, 4.69) is 18.7 Å². The van der Waals surface area contributed by atoms with Crippen LogP contribution in [-0.2, 0) is 34.5 Å². The van der Waals surface area contributed by atoms with Crippen molar-refractivity contribution in [3.05, 3.63) is 102 Å². The van der Waals surface area contributed by atoms with Crippen molar-refractivity contribution in [3.8, 4) is 5.75 Å². The molecule has 1 aliphatic rings. The van der Waals surface area contributed by atoms with E-state index < -0.39 is 47.0 Å². The minimum absolute atomic E-state index is 0.268. The molecular formula is C37H44ClNO8. The topological polar surface area (TPSA) is 123 Å². The third-order valence-corrected chi connectivity index (χ3v) is 9.18. The van der Waals surface area contributed by atoms with Gasteiger partial charge in [-0.15, -0.1) is 0 Å². The first kappa shape index (κ1) is 35.9. The van der Waals surface area contributed by atoms with Crippen molar-refractivity contribution in [2.45, 2.75) is 75.1 Å². The van der Waals surface area contributed by atoms with Gasteiger partial charge in [0.1, 0.15) is 5.75 Å². The van der Waals surface area contributed by atoms with Gasteiger partial charge >= 0.3 is 17.9 Å². The van der Waals surface area contributed by atoms with Gasteiger partial charge in [-0.25, -0.2) is 4.79 Å². The van der Waals surface area contributed by atoms with Crippen LogP contribution in [0.3, 0.4) is 0 Å². The lowest BCUT2D eigenvalue weighted by Gasteiger charge is -2.45. The molecule has 1 heterocycles. The predicted octanol–water partition coefficient (Wildman–Crippen LogP) is 6.39. The van der Waals surface area contributed by atoms with Crippen LogP contribution < -0.4 is 4.74 Å². The van der Waals surface area contributed by atoms with Crippen LogP contribution in [0.25, 0.3) is 0 Å². The highest BCUT2D eigenvalue weighted by Gasteiger charge is 2.62. The largest absolute Gasteiger partial charge is 0.494 e. The first-order valence-electron chi connectivity index (χ1n) is 16.2. The summed E-state index contributed by atoms with van der Waals surface area (Å²) in [6, 6.07) is 23.7. The Morgan fingerprint density at radius 1 is 0.766 bits per heavy atom. The highest BCUT2D eigenvalue weighted by Crippen LogP contribution is 2.55. The lowest BCUT2D eigenvalue weighted by molar-refractivity contribution is -0.189. The number of nitrogens with zero attached hydrogens (tertiary/aromatic N) is 1. The van der Waals surface area contributed by atoms with E-state index in [0.29, 0.717) is 23.5 Å². The summed E-state index contributed by atoms with van der Waals surface area (Å²) in [7, 11) is 0. The van der Waals surface area contributed by atoms with Gasteiger partial charge in [0.15, 0.2) is 5.60 Å². The zero-order chi connectivity index (χ0) is 33.9. The SMILES string of the molecule is CCN(CC)CCCCCCCOc1ccc(C2(c3ccccc3)OC(=O)CC(O)(C(=O)O)CC(=O)OC2(Cl)c2ccccc2)cc1. The molecule has 0 aromatic heterocycles. The quantitative estimate of drug-likeness (QED) is 0.108. The van der Waals surface area contributed by atoms with Crippen LogP contribution >= 0.6 is 11.6 Å². The Balaban J connectivity index is 1.65. The molecule has 0 amide bonds. The van der Waals surface area contributed by atoms with Gasteiger partial charge in [-0.05, 0) is 44.6 Å². The smallest absolute Gasteiger partial charge is 0.336 e. The molecule has 47 heavy (non-hydrogen) atoms. The number of ether oxygens (including phenoxy) is 3. The van der Waals surface area contributed by atoms with E-state index in [9.17, 15) is 24.6 Å². The summed E-state index contributed by atoms with van der Waals surface area (Å²) in [5.41, 5.74) is -3.82. The Kier molecular flexibility index (Phi) is 12.4. The summed E-state index contributed by atoms with van der Waals surface area (Å²) in [6.07, 6.45) is 3.44. The van der Waals surface area contributed by atoms with Crippen molar-refractivity contribution >= 4 is 29.5 Å². The average molecular weight is 666 g/mol. The number of cyclic esters (lactones) is 2. The molecule has 0 aliphatic carbocycles. The highest BCUT2D eigenvalue weighted by molar-refractivity contribution is 6.25. The number of rotatable bonds is 15. The van der Waals surface area contributed by atoms with E-state index in [4.69, 9.17) is 25.8 Å². The van der Waals surface area contributed by atoms with Crippen molar-refractivity contribution < 1.29 is 38.8 Å². The summed E-state index contributed by atoms with van der Waals surface area (Å²) in [4.78, 5) is 41.4. The molecule has 3 unspecified atom stereocenters. The predicted molar refractivity (Wildman–Crippen MR) is 178 cm³/mol. The molecule has 3 aromatic rings. The molecular weight excluding hydrogens is 622 g/mol. The highest BCUT2D eigenvalue weighted by atomic mass is 35.5. The lowest BCUT2D eigenvalue weighted by atomic mass is 9.77. The Morgan fingerprint density at radius 2 is 1.28 bits per heavy atom. The monoisotopic (exact) mass is 665 g/mol. The molecule has 2 N–H and O–H groups in total. The number of hydrogen-bond donors (Lipinski definition) is 2. The maximum absolute atomic E-state index is 13.6. The normalized spacial score (nSPS) is 23.3.